The zero-order valence-corrected chi connectivity index (χ0v) is 17.9. The minimum Gasteiger partial charge on any atom is -0.484 e. The normalized spacial score (nSPS) is 10.6. The molecule has 3 rings (SSSR count). The highest BCUT2D eigenvalue weighted by molar-refractivity contribution is 9.10. The van der Waals surface area contributed by atoms with E-state index in [-0.39, 0.29) is 6.61 Å². The molecule has 1 amide bonds. The number of benzene rings is 3. The van der Waals surface area contributed by atoms with Gasteiger partial charge < -0.3 is 9.47 Å². The number of hydrogen-bond donors (Lipinski definition) is 1. The predicted molar refractivity (Wildman–Crippen MR) is 118 cm³/mol. The van der Waals surface area contributed by atoms with E-state index in [9.17, 15) is 9.59 Å². The second-order valence-electron chi connectivity index (χ2n) is 6.00. The van der Waals surface area contributed by atoms with E-state index in [4.69, 9.17) is 21.1 Å². The molecular weight excluding hydrogens is 472 g/mol. The van der Waals surface area contributed by atoms with Crippen LogP contribution in [0.25, 0.3) is 0 Å². The first-order valence-corrected chi connectivity index (χ1v) is 9.95. The van der Waals surface area contributed by atoms with Crippen molar-refractivity contribution in [1.29, 1.82) is 0 Å². The van der Waals surface area contributed by atoms with Crippen LogP contribution in [0.4, 0.5) is 0 Å². The molecule has 0 saturated heterocycles. The monoisotopic (exact) mass is 486 g/mol. The van der Waals surface area contributed by atoms with E-state index in [0.29, 0.717) is 22.1 Å². The van der Waals surface area contributed by atoms with Crippen molar-refractivity contribution >= 4 is 45.6 Å². The average molecular weight is 488 g/mol. The minimum atomic E-state index is -0.453. The van der Waals surface area contributed by atoms with E-state index in [0.717, 1.165) is 10.0 Å². The Balaban J connectivity index is 1.46. The minimum absolute atomic E-state index is 0.177. The van der Waals surface area contributed by atoms with Gasteiger partial charge in [-0.3, -0.25) is 4.79 Å². The van der Waals surface area contributed by atoms with Crippen LogP contribution in [-0.4, -0.2) is 24.7 Å². The van der Waals surface area contributed by atoms with E-state index in [1.165, 1.54) is 6.21 Å². The molecule has 0 unspecified atom stereocenters. The summed E-state index contributed by atoms with van der Waals surface area (Å²) in [5, 5.41) is 4.47. The number of hydrogen-bond acceptors (Lipinski definition) is 5. The molecule has 30 heavy (non-hydrogen) atoms. The lowest BCUT2D eigenvalue weighted by molar-refractivity contribution is -0.123. The van der Waals surface area contributed by atoms with Gasteiger partial charge in [0.2, 0.25) is 0 Å². The fourth-order valence-corrected chi connectivity index (χ4v) is 2.82. The molecule has 3 aromatic carbocycles. The number of carbonyl (C=O) groups excluding carboxylic acids is 2. The van der Waals surface area contributed by atoms with Crippen molar-refractivity contribution in [3.63, 3.8) is 0 Å². The fraction of sp³-hybridized carbons (Fsp3) is 0.0455. The Morgan fingerprint density at radius 2 is 1.70 bits per heavy atom. The SMILES string of the molecule is O=C(COc1ccc(Cl)cc1)N/N=C/c1ccc(OC(=O)c2cccc(Br)c2)cc1. The Kier molecular flexibility index (Phi) is 7.59. The van der Waals surface area contributed by atoms with Gasteiger partial charge in [-0.25, -0.2) is 10.2 Å². The van der Waals surface area contributed by atoms with Gasteiger partial charge in [0.05, 0.1) is 11.8 Å². The molecule has 0 spiro atoms. The highest BCUT2D eigenvalue weighted by Gasteiger charge is 2.08. The summed E-state index contributed by atoms with van der Waals surface area (Å²) in [6, 6.07) is 20.3. The van der Waals surface area contributed by atoms with Crippen LogP contribution in [-0.2, 0) is 4.79 Å². The number of rotatable bonds is 7. The summed E-state index contributed by atoms with van der Waals surface area (Å²) in [5.74, 6) is 0.0792. The lowest BCUT2D eigenvalue weighted by Crippen LogP contribution is -2.24. The number of ether oxygens (including phenoxy) is 2. The fourth-order valence-electron chi connectivity index (χ4n) is 2.29. The Labute approximate surface area is 186 Å². The predicted octanol–water partition coefficient (Wildman–Crippen LogP) is 4.85. The third kappa shape index (κ3) is 6.72. The second-order valence-corrected chi connectivity index (χ2v) is 7.36. The van der Waals surface area contributed by atoms with Gasteiger partial charge in [0.15, 0.2) is 6.61 Å². The van der Waals surface area contributed by atoms with E-state index >= 15 is 0 Å². The molecule has 6 nitrogen and oxygen atoms in total. The van der Waals surface area contributed by atoms with Gasteiger partial charge in [-0.2, -0.15) is 5.10 Å². The van der Waals surface area contributed by atoms with Crippen LogP contribution in [0.15, 0.2) is 82.4 Å². The molecule has 3 aromatic rings. The Bertz CT molecular complexity index is 1050. The van der Waals surface area contributed by atoms with Crippen LogP contribution >= 0.6 is 27.5 Å². The van der Waals surface area contributed by atoms with Crippen molar-refractivity contribution in [2.75, 3.05) is 6.61 Å². The molecule has 0 atom stereocenters. The number of amides is 1. The summed E-state index contributed by atoms with van der Waals surface area (Å²) in [4.78, 5) is 23.9. The maximum absolute atomic E-state index is 12.1. The van der Waals surface area contributed by atoms with Crippen LogP contribution in [0.5, 0.6) is 11.5 Å². The molecular formula is C22H16BrClN2O4. The van der Waals surface area contributed by atoms with Crippen molar-refractivity contribution in [1.82, 2.24) is 5.43 Å². The van der Waals surface area contributed by atoms with E-state index in [1.54, 1.807) is 66.7 Å². The maximum Gasteiger partial charge on any atom is 0.343 e. The number of carbonyl (C=O) groups is 2. The number of esters is 1. The van der Waals surface area contributed by atoms with Gasteiger partial charge in [0.1, 0.15) is 11.5 Å². The quantitative estimate of drug-likeness (QED) is 0.224. The van der Waals surface area contributed by atoms with Crippen molar-refractivity contribution in [3.8, 4) is 11.5 Å². The molecule has 0 aliphatic carbocycles. The standard InChI is InChI=1S/C22H16BrClN2O4/c23-17-3-1-2-16(12-17)22(28)30-20-8-4-15(5-9-20)13-25-26-21(27)14-29-19-10-6-18(24)7-11-19/h1-13H,14H2,(H,26,27)/b25-13+. The third-order valence-corrected chi connectivity index (χ3v) is 4.48. The molecule has 8 heteroatoms. The molecule has 0 aliphatic rings. The van der Waals surface area contributed by atoms with Crippen LogP contribution in [0.3, 0.4) is 0 Å². The van der Waals surface area contributed by atoms with Crippen LogP contribution in [0.1, 0.15) is 15.9 Å². The molecule has 1 N–H and O–H groups in total. The Hall–Kier alpha value is -3.16. The molecule has 0 aliphatic heterocycles. The molecule has 0 bridgehead atoms. The summed E-state index contributed by atoms with van der Waals surface area (Å²) in [6.45, 7) is -0.177. The summed E-state index contributed by atoms with van der Waals surface area (Å²) in [5.41, 5.74) is 3.54. The first-order valence-electron chi connectivity index (χ1n) is 8.78. The smallest absolute Gasteiger partial charge is 0.343 e. The first-order chi connectivity index (χ1) is 14.5. The van der Waals surface area contributed by atoms with Gasteiger partial charge in [-0.15, -0.1) is 0 Å². The lowest BCUT2D eigenvalue weighted by Gasteiger charge is -2.05. The summed E-state index contributed by atoms with van der Waals surface area (Å²) < 4.78 is 11.5. The van der Waals surface area contributed by atoms with Gasteiger partial charge >= 0.3 is 5.97 Å². The maximum atomic E-state index is 12.1. The molecule has 0 saturated carbocycles. The molecule has 0 radical (unpaired) electrons. The molecule has 0 aromatic heterocycles. The molecule has 152 valence electrons. The summed E-state index contributed by atoms with van der Waals surface area (Å²) in [6.07, 6.45) is 1.47. The summed E-state index contributed by atoms with van der Waals surface area (Å²) >= 11 is 9.11. The third-order valence-electron chi connectivity index (χ3n) is 3.74. The van der Waals surface area contributed by atoms with Gasteiger partial charge in [0, 0.05) is 9.50 Å². The topological polar surface area (TPSA) is 77.0 Å². The largest absolute Gasteiger partial charge is 0.484 e. The van der Waals surface area contributed by atoms with Crippen LogP contribution in [0, 0.1) is 0 Å². The highest BCUT2D eigenvalue weighted by Crippen LogP contribution is 2.17. The average Bonchev–Trinajstić information content (AvgIpc) is 2.74. The number of hydrazone groups is 1. The van der Waals surface area contributed by atoms with Crippen molar-refractivity contribution < 1.29 is 19.1 Å². The van der Waals surface area contributed by atoms with Crippen LogP contribution in [0.2, 0.25) is 5.02 Å². The first kappa shape index (κ1) is 21.5. The number of nitrogens with zero attached hydrogens (tertiary/aromatic N) is 1. The molecule has 0 fully saturated rings. The van der Waals surface area contributed by atoms with Crippen molar-refractivity contribution in [2.24, 2.45) is 5.10 Å². The molecule has 0 heterocycles. The van der Waals surface area contributed by atoms with Gasteiger partial charge in [-0.05, 0) is 72.3 Å². The van der Waals surface area contributed by atoms with E-state index in [1.807, 2.05) is 6.07 Å². The van der Waals surface area contributed by atoms with E-state index in [2.05, 4.69) is 26.5 Å². The number of nitrogens with one attached hydrogen (secondary N) is 1. The highest BCUT2D eigenvalue weighted by atomic mass is 79.9. The van der Waals surface area contributed by atoms with E-state index < -0.39 is 11.9 Å². The Morgan fingerprint density at radius 3 is 2.40 bits per heavy atom. The second kappa shape index (κ2) is 10.6. The van der Waals surface area contributed by atoms with Crippen LogP contribution < -0.4 is 14.9 Å². The zero-order chi connectivity index (χ0) is 21.3. The lowest BCUT2D eigenvalue weighted by atomic mass is 10.2. The van der Waals surface area contributed by atoms with Crippen molar-refractivity contribution in [3.05, 3.63) is 93.4 Å². The van der Waals surface area contributed by atoms with Gasteiger partial charge in [0.25, 0.3) is 5.91 Å². The van der Waals surface area contributed by atoms with Crippen molar-refractivity contribution in [2.45, 2.75) is 0 Å². The zero-order valence-electron chi connectivity index (χ0n) is 15.5. The van der Waals surface area contributed by atoms with Gasteiger partial charge in [-0.1, -0.05) is 33.6 Å². The summed E-state index contributed by atoms with van der Waals surface area (Å²) in [7, 11) is 0. The number of halogens is 2. The Morgan fingerprint density at radius 1 is 1.00 bits per heavy atom.